The third-order valence-electron chi connectivity index (χ3n) is 6.37. The van der Waals surface area contributed by atoms with Crippen LogP contribution in [-0.2, 0) is 24.2 Å². The molecule has 1 heterocycles. The monoisotopic (exact) mass is 494 g/mol. The van der Waals surface area contributed by atoms with Crippen LogP contribution in [0.1, 0.15) is 49.1 Å². The number of aryl methyl sites for hydroxylation is 1. The van der Waals surface area contributed by atoms with E-state index in [0.717, 1.165) is 35.8 Å². The minimum Gasteiger partial charge on any atom is -0.493 e. The average Bonchev–Trinajstić information content (AvgIpc) is 3.28. The number of amides is 1. The standard InChI is InChI=1S/C27H34N4O3S/c1-33-23-14-13-21(17-24(23)34-2)15-16-31-25(18-20-9-5-3-6-10-20)29-30-27(31)35-19-26(32)28-22-11-7-4-8-12-22/h3,5-6,9-10,13-14,17,22H,4,7-8,11-12,15-16,18-19H2,1-2H3,(H,28,32). The highest BCUT2D eigenvalue weighted by molar-refractivity contribution is 7.99. The minimum absolute atomic E-state index is 0.0703. The number of benzene rings is 2. The zero-order chi connectivity index (χ0) is 24.5. The smallest absolute Gasteiger partial charge is 0.230 e. The fraction of sp³-hybridized carbons (Fsp3) is 0.444. The first-order chi connectivity index (χ1) is 17.2. The molecule has 2 aromatic carbocycles. The number of carbonyl (C=O) groups excluding carboxylic acids is 1. The minimum atomic E-state index is 0.0703. The van der Waals surface area contributed by atoms with Crippen LogP contribution in [0.4, 0.5) is 0 Å². The number of thioether (sulfide) groups is 1. The second kappa shape index (κ2) is 12.6. The zero-order valence-corrected chi connectivity index (χ0v) is 21.4. The fourth-order valence-corrected chi connectivity index (χ4v) is 5.28. The molecule has 0 spiro atoms. The van der Waals surface area contributed by atoms with Crippen molar-refractivity contribution < 1.29 is 14.3 Å². The third kappa shape index (κ3) is 7.01. The molecule has 3 aromatic rings. The lowest BCUT2D eigenvalue weighted by molar-refractivity contribution is -0.119. The summed E-state index contributed by atoms with van der Waals surface area (Å²) in [5, 5.41) is 12.9. The number of methoxy groups -OCH3 is 2. The van der Waals surface area contributed by atoms with Gasteiger partial charge in [-0.1, -0.05) is 67.4 Å². The number of nitrogens with zero attached hydrogens (tertiary/aromatic N) is 3. The molecule has 7 nitrogen and oxygen atoms in total. The maximum absolute atomic E-state index is 12.6. The second-order valence-corrected chi connectivity index (χ2v) is 9.79. The van der Waals surface area contributed by atoms with Crippen molar-refractivity contribution in [1.29, 1.82) is 0 Å². The van der Waals surface area contributed by atoms with E-state index in [1.807, 2.05) is 36.4 Å². The van der Waals surface area contributed by atoms with Gasteiger partial charge < -0.3 is 19.4 Å². The molecule has 0 aliphatic heterocycles. The summed E-state index contributed by atoms with van der Waals surface area (Å²) in [5.74, 6) is 2.74. The molecule has 4 rings (SSSR count). The van der Waals surface area contributed by atoms with E-state index in [1.54, 1.807) is 14.2 Å². The lowest BCUT2D eigenvalue weighted by Gasteiger charge is -2.22. The fourth-order valence-electron chi connectivity index (χ4n) is 4.48. The number of nitrogens with one attached hydrogen (secondary N) is 1. The van der Waals surface area contributed by atoms with Crippen molar-refractivity contribution in [3.8, 4) is 11.5 Å². The zero-order valence-electron chi connectivity index (χ0n) is 20.5. The molecule has 1 aliphatic rings. The number of aromatic nitrogens is 3. The molecule has 1 aliphatic carbocycles. The molecular weight excluding hydrogens is 460 g/mol. The highest BCUT2D eigenvalue weighted by atomic mass is 32.2. The van der Waals surface area contributed by atoms with Crippen LogP contribution in [0, 0.1) is 0 Å². The lowest BCUT2D eigenvalue weighted by atomic mass is 9.95. The Morgan fingerprint density at radius 1 is 1.00 bits per heavy atom. The first-order valence-corrected chi connectivity index (χ1v) is 13.2. The van der Waals surface area contributed by atoms with Crippen molar-refractivity contribution in [3.63, 3.8) is 0 Å². The summed E-state index contributed by atoms with van der Waals surface area (Å²) in [6.45, 7) is 0.706. The van der Waals surface area contributed by atoms with Crippen LogP contribution in [0.25, 0.3) is 0 Å². The number of hydrogen-bond acceptors (Lipinski definition) is 6. The Bertz CT molecular complexity index is 1100. The summed E-state index contributed by atoms with van der Waals surface area (Å²) >= 11 is 1.46. The molecule has 0 atom stereocenters. The summed E-state index contributed by atoms with van der Waals surface area (Å²) < 4.78 is 13.0. The van der Waals surface area contributed by atoms with E-state index in [4.69, 9.17) is 9.47 Å². The van der Waals surface area contributed by atoms with Gasteiger partial charge >= 0.3 is 0 Å². The number of ether oxygens (including phenoxy) is 2. The topological polar surface area (TPSA) is 78.3 Å². The molecule has 0 radical (unpaired) electrons. The van der Waals surface area contributed by atoms with Gasteiger partial charge in [-0.3, -0.25) is 4.79 Å². The Hall–Kier alpha value is -3.00. The molecule has 0 bridgehead atoms. The summed E-state index contributed by atoms with van der Waals surface area (Å²) in [5.41, 5.74) is 2.31. The van der Waals surface area contributed by atoms with Crippen LogP contribution in [0.15, 0.2) is 53.7 Å². The highest BCUT2D eigenvalue weighted by Gasteiger charge is 2.18. The van der Waals surface area contributed by atoms with Crippen LogP contribution in [0.2, 0.25) is 0 Å². The lowest BCUT2D eigenvalue weighted by Crippen LogP contribution is -2.37. The van der Waals surface area contributed by atoms with Crippen LogP contribution in [0.3, 0.4) is 0 Å². The first-order valence-electron chi connectivity index (χ1n) is 12.3. The molecule has 8 heteroatoms. The van der Waals surface area contributed by atoms with Gasteiger partial charge in [0.2, 0.25) is 5.91 Å². The summed E-state index contributed by atoms with van der Waals surface area (Å²) in [7, 11) is 3.28. The Morgan fingerprint density at radius 2 is 1.77 bits per heavy atom. The Morgan fingerprint density at radius 3 is 2.51 bits per heavy atom. The van der Waals surface area contributed by atoms with Gasteiger partial charge in [0, 0.05) is 19.0 Å². The van der Waals surface area contributed by atoms with E-state index < -0.39 is 0 Å². The normalized spacial score (nSPS) is 14.0. The molecule has 1 fully saturated rings. The SMILES string of the molecule is COc1ccc(CCn2c(Cc3ccccc3)nnc2SCC(=O)NC2CCCCC2)cc1OC. The molecule has 1 aromatic heterocycles. The second-order valence-electron chi connectivity index (χ2n) is 8.84. The molecular formula is C27H34N4O3S. The van der Waals surface area contributed by atoms with Gasteiger partial charge in [-0.25, -0.2) is 0 Å². The predicted octanol–water partition coefficient (Wildman–Crippen LogP) is 4.67. The van der Waals surface area contributed by atoms with E-state index in [1.165, 1.54) is 36.6 Å². The quantitative estimate of drug-likeness (QED) is 0.390. The first kappa shape index (κ1) is 25.1. The van der Waals surface area contributed by atoms with Crippen LogP contribution < -0.4 is 14.8 Å². The van der Waals surface area contributed by atoms with Gasteiger partial charge in [0.25, 0.3) is 0 Å². The van der Waals surface area contributed by atoms with Crippen LogP contribution in [0.5, 0.6) is 11.5 Å². The summed E-state index contributed by atoms with van der Waals surface area (Å²) in [6, 6.07) is 16.6. The largest absolute Gasteiger partial charge is 0.493 e. The van der Waals surface area contributed by atoms with Crippen LogP contribution in [-0.4, -0.2) is 46.7 Å². The number of carbonyl (C=O) groups is 1. The molecule has 1 amide bonds. The van der Waals surface area contributed by atoms with E-state index in [0.29, 0.717) is 36.3 Å². The molecule has 35 heavy (non-hydrogen) atoms. The molecule has 0 unspecified atom stereocenters. The maximum Gasteiger partial charge on any atom is 0.230 e. The van der Waals surface area contributed by atoms with Gasteiger partial charge in [0.05, 0.1) is 20.0 Å². The van der Waals surface area contributed by atoms with E-state index in [-0.39, 0.29) is 5.91 Å². The molecule has 1 N–H and O–H groups in total. The van der Waals surface area contributed by atoms with Crippen molar-refractivity contribution in [2.75, 3.05) is 20.0 Å². The van der Waals surface area contributed by atoms with Gasteiger partial charge in [0.15, 0.2) is 16.7 Å². The van der Waals surface area contributed by atoms with Gasteiger partial charge in [0.1, 0.15) is 5.82 Å². The Balaban J connectivity index is 1.46. The van der Waals surface area contributed by atoms with Gasteiger partial charge in [-0.15, -0.1) is 10.2 Å². The summed E-state index contributed by atoms with van der Waals surface area (Å²) in [4.78, 5) is 12.6. The molecule has 0 saturated heterocycles. The number of rotatable bonds is 11. The van der Waals surface area contributed by atoms with E-state index in [9.17, 15) is 4.79 Å². The average molecular weight is 495 g/mol. The van der Waals surface area contributed by atoms with Crippen LogP contribution >= 0.6 is 11.8 Å². The van der Waals surface area contributed by atoms with Crippen molar-refractivity contribution in [2.24, 2.45) is 0 Å². The van der Waals surface area contributed by atoms with Crippen molar-refractivity contribution >= 4 is 17.7 Å². The van der Waals surface area contributed by atoms with E-state index >= 15 is 0 Å². The maximum atomic E-state index is 12.6. The predicted molar refractivity (Wildman–Crippen MR) is 138 cm³/mol. The van der Waals surface area contributed by atoms with Crippen molar-refractivity contribution in [2.45, 2.75) is 62.7 Å². The number of hydrogen-bond donors (Lipinski definition) is 1. The van der Waals surface area contributed by atoms with Crippen molar-refractivity contribution in [1.82, 2.24) is 20.1 Å². The van der Waals surface area contributed by atoms with Gasteiger partial charge in [-0.2, -0.15) is 0 Å². The Labute approximate surface area is 211 Å². The summed E-state index contributed by atoms with van der Waals surface area (Å²) in [6.07, 6.45) is 7.31. The molecule has 1 saturated carbocycles. The molecule has 186 valence electrons. The van der Waals surface area contributed by atoms with Gasteiger partial charge in [-0.05, 0) is 42.5 Å². The third-order valence-corrected chi connectivity index (χ3v) is 7.34. The Kier molecular flexibility index (Phi) is 9.06. The van der Waals surface area contributed by atoms with Crippen molar-refractivity contribution in [3.05, 3.63) is 65.5 Å². The van der Waals surface area contributed by atoms with E-state index in [2.05, 4.69) is 32.2 Å². The highest BCUT2D eigenvalue weighted by Crippen LogP contribution is 2.28.